The molecule has 1 aromatic rings. The second kappa shape index (κ2) is 3.51. The zero-order valence-electron chi connectivity index (χ0n) is 7.52. The van der Waals surface area contributed by atoms with Crippen molar-refractivity contribution in [3.8, 4) is 0 Å². The Balaban J connectivity index is 2.90. The quantitative estimate of drug-likeness (QED) is 0.630. The minimum atomic E-state index is 1.11. The molecule has 60 valence electrons. The third kappa shape index (κ3) is 2.04. The van der Waals surface area contributed by atoms with Crippen molar-refractivity contribution in [2.75, 3.05) is 0 Å². The SMILES string of the molecule is CCCc1cnc(C)cc1C. The maximum Gasteiger partial charge on any atom is 0.0375 e. The van der Waals surface area contributed by atoms with E-state index in [4.69, 9.17) is 0 Å². The Kier molecular flexibility index (Phi) is 2.64. The van der Waals surface area contributed by atoms with Crippen LogP contribution in [0.4, 0.5) is 0 Å². The first-order valence-electron chi connectivity index (χ1n) is 4.16. The molecule has 0 aromatic carbocycles. The van der Waals surface area contributed by atoms with Gasteiger partial charge in [-0.3, -0.25) is 4.98 Å². The number of hydrogen-bond donors (Lipinski definition) is 0. The molecular formula is C10H15N. The van der Waals surface area contributed by atoms with Crippen molar-refractivity contribution in [2.45, 2.75) is 33.6 Å². The van der Waals surface area contributed by atoms with Gasteiger partial charge in [-0.1, -0.05) is 13.3 Å². The summed E-state index contributed by atoms with van der Waals surface area (Å²) in [6.07, 6.45) is 4.35. The smallest absolute Gasteiger partial charge is 0.0375 e. The summed E-state index contributed by atoms with van der Waals surface area (Å²) in [5.74, 6) is 0. The lowest BCUT2D eigenvalue weighted by molar-refractivity contribution is 0.900. The lowest BCUT2D eigenvalue weighted by Crippen LogP contribution is -1.91. The Labute approximate surface area is 68.5 Å². The van der Waals surface area contributed by atoms with E-state index in [2.05, 4.69) is 24.9 Å². The predicted octanol–water partition coefficient (Wildman–Crippen LogP) is 2.65. The number of aromatic nitrogens is 1. The van der Waals surface area contributed by atoms with E-state index in [1.807, 2.05) is 13.1 Å². The van der Waals surface area contributed by atoms with Crippen LogP contribution in [0, 0.1) is 13.8 Å². The average molecular weight is 149 g/mol. The summed E-state index contributed by atoms with van der Waals surface area (Å²) in [5, 5.41) is 0. The van der Waals surface area contributed by atoms with Gasteiger partial charge >= 0.3 is 0 Å². The van der Waals surface area contributed by atoms with Gasteiger partial charge in [-0.2, -0.15) is 0 Å². The highest BCUT2D eigenvalue weighted by Crippen LogP contribution is 2.09. The third-order valence-corrected chi connectivity index (χ3v) is 1.88. The Bertz CT molecular complexity index is 241. The third-order valence-electron chi connectivity index (χ3n) is 1.88. The topological polar surface area (TPSA) is 12.9 Å². The highest BCUT2D eigenvalue weighted by Gasteiger charge is 1.96. The lowest BCUT2D eigenvalue weighted by atomic mass is 10.1. The summed E-state index contributed by atoms with van der Waals surface area (Å²) in [6, 6.07) is 2.14. The molecule has 1 rings (SSSR count). The summed E-state index contributed by atoms with van der Waals surface area (Å²) in [7, 11) is 0. The number of rotatable bonds is 2. The summed E-state index contributed by atoms with van der Waals surface area (Å²) in [5.41, 5.74) is 3.87. The highest BCUT2D eigenvalue weighted by molar-refractivity contribution is 5.24. The van der Waals surface area contributed by atoms with Crippen molar-refractivity contribution in [2.24, 2.45) is 0 Å². The van der Waals surface area contributed by atoms with E-state index in [0.29, 0.717) is 0 Å². The Morgan fingerprint density at radius 2 is 2.09 bits per heavy atom. The van der Waals surface area contributed by atoms with Crippen LogP contribution in [0.25, 0.3) is 0 Å². The van der Waals surface area contributed by atoms with Crippen LogP contribution >= 0.6 is 0 Å². The lowest BCUT2D eigenvalue weighted by Gasteiger charge is -2.03. The monoisotopic (exact) mass is 149 g/mol. The maximum absolute atomic E-state index is 4.26. The van der Waals surface area contributed by atoms with Crippen LogP contribution in [0.2, 0.25) is 0 Å². The number of hydrogen-bond acceptors (Lipinski definition) is 1. The Morgan fingerprint density at radius 1 is 1.36 bits per heavy atom. The molecule has 1 nitrogen and oxygen atoms in total. The van der Waals surface area contributed by atoms with E-state index in [0.717, 1.165) is 12.1 Å². The number of aryl methyl sites for hydroxylation is 3. The molecule has 0 spiro atoms. The fourth-order valence-corrected chi connectivity index (χ4v) is 1.26. The van der Waals surface area contributed by atoms with Gasteiger partial charge in [0.25, 0.3) is 0 Å². The van der Waals surface area contributed by atoms with E-state index < -0.39 is 0 Å². The molecule has 0 saturated carbocycles. The molecule has 11 heavy (non-hydrogen) atoms. The van der Waals surface area contributed by atoms with Gasteiger partial charge in [0.2, 0.25) is 0 Å². The molecule has 0 aliphatic rings. The van der Waals surface area contributed by atoms with Crippen LogP contribution in [0.3, 0.4) is 0 Å². The van der Waals surface area contributed by atoms with Crippen molar-refractivity contribution in [1.29, 1.82) is 0 Å². The van der Waals surface area contributed by atoms with E-state index in [-0.39, 0.29) is 0 Å². The summed E-state index contributed by atoms with van der Waals surface area (Å²) in [4.78, 5) is 4.26. The summed E-state index contributed by atoms with van der Waals surface area (Å²) in [6.45, 7) is 6.38. The zero-order chi connectivity index (χ0) is 8.27. The van der Waals surface area contributed by atoms with E-state index in [1.165, 1.54) is 17.5 Å². The molecule has 0 unspecified atom stereocenters. The Hall–Kier alpha value is -0.850. The van der Waals surface area contributed by atoms with Crippen LogP contribution in [0.5, 0.6) is 0 Å². The molecule has 0 N–H and O–H groups in total. The van der Waals surface area contributed by atoms with Gasteiger partial charge in [0.15, 0.2) is 0 Å². The summed E-state index contributed by atoms with van der Waals surface area (Å²) < 4.78 is 0. The van der Waals surface area contributed by atoms with Crippen molar-refractivity contribution in [1.82, 2.24) is 4.98 Å². The average Bonchev–Trinajstić information content (AvgIpc) is 1.95. The summed E-state index contributed by atoms with van der Waals surface area (Å²) >= 11 is 0. The van der Waals surface area contributed by atoms with Crippen LogP contribution < -0.4 is 0 Å². The molecule has 0 bridgehead atoms. The molecule has 0 saturated heterocycles. The minimum absolute atomic E-state index is 1.11. The normalized spacial score (nSPS) is 10.1. The molecule has 0 amide bonds. The largest absolute Gasteiger partial charge is 0.261 e. The van der Waals surface area contributed by atoms with Gasteiger partial charge in [0.1, 0.15) is 0 Å². The van der Waals surface area contributed by atoms with Gasteiger partial charge in [-0.05, 0) is 37.5 Å². The molecule has 1 aromatic heterocycles. The predicted molar refractivity (Wildman–Crippen MR) is 47.7 cm³/mol. The van der Waals surface area contributed by atoms with E-state index in [1.54, 1.807) is 0 Å². The standard InChI is InChI=1S/C10H15N/c1-4-5-10-7-11-9(3)6-8(10)2/h6-7H,4-5H2,1-3H3. The van der Waals surface area contributed by atoms with Gasteiger partial charge in [0.05, 0.1) is 0 Å². The van der Waals surface area contributed by atoms with E-state index >= 15 is 0 Å². The van der Waals surface area contributed by atoms with Crippen LogP contribution in [0.1, 0.15) is 30.2 Å². The zero-order valence-corrected chi connectivity index (χ0v) is 7.52. The highest BCUT2D eigenvalue weighted by atomic mass is 14.7. The van der Waals surface area contributed by atoms with Crippen LogP contribution in [-0.2, 0) is 6.42 Å². The van der Waals surface area contributed by atoms with E-state index in [9.17, 15) is 0 Å². The van der Waals surface area contributed by atoms with Crippen molar-refractivity contribution in [3.05, 3.63) is 29.1 Å². The minimum Gasteiger partial charge on any atom is -0.261 e. The first-order chi connectivity index (χ1) is 5.24. The second-order valence-corrected chi connectivity index (χ2v) is 3.00. The van der Waals surface area contributed by atoms with Gasteiger partial charge in [0, 0.05) is 11.9 Å². The van der Waals surface area contributed by atoms with Crippen LogP contribution in [0.15, 0.2) is 12.3 Å². The fraction of sp³-hybridized carbons (Fsp3) is 0.500. The van der Waals surface area contributed by atoms with Gasteiger partial charge < -0.3 is 0 Å². The molecule has 0 atom stereocenters. The van der Waals surface area contributed by atoms with Gasteiger partial charge in [-0.25, -0.2) is 0 Å². The molecule has 0 fully saturated rings. The molecule has 0 radical (unpaired) electrons. The molecule has 1 heteroatoms. The van der Waals surface area contributed by atoms with Crippen molar-refractivity contribution >= 4 is 0 Å². The first-order valence-corrected chi connectivity index (χ1v) is 4.16. The van der Waals surface area contributed by atoms with Crippen LogP contribution in [-0.4, -0.2) is 4.98 Å². The number of nitrogens with zero attached hydrogens (tertiary/aromatic N) is 1. The van der Waals surface area contributed by atoms with Crippen molar-refractivity contribution in [3.63, 3.8) is 0 Å². The van der Waals surface area contributed by atoms with Gasteiger partial charge in [-0.15, -0.1) is 0 Å². The maximum atomic E-state index is 4.26. The van der Waals surface area contributed by atoms with Crippen molar-refractivity contribution < 1.29 is 0 Å². The molecular weight excluding hydrogens is 134 g/mol. The fourth-order valence-electron chi connectivity index (χ4n) is 1.26. The Morgan fingerprint density at radius 3 is 2.64 bits per heavy atom. The number of pyridine rings is 1. The molecule has 0 aliphatic carbocycles. The molecule has 1 heterocycles. The first kappa shape index (κ1) is 8.25. The second-order valence-electron chi connectivity index (χ2n) is 3.00. The molecule has 0 aliphatic heterocycles.